The summed E-state index contributed by atoms with van der Waals surface area (Å²) in [5.74, 6) is -0.0625. The van der Waals surface area contributed by atoms with Gasteiger partial charge in [-0.05, 0) is 54.9 Å². The van der Waals surface area contributed by atoms with Crippen molar-refractivity contribution in [2.24, 2.45) is 0 Å². The lowest BCUT2D eigenvalue weighted by molar-refractivity contribution is 0.0976. The van der Waals surface area contributed by atoms with E-state index in [1.54, 1.807) is 12.1 Å². The monoisotopic (exact) mass is 761 g/mol. The minimum Gasteiger partial charge on any atom is -0.289 e. The van der Waals surface area contributed by atoms with Gasteiger partial charge in [0.05, 0.1) is 0 Å². The Labute approximate surface area is 340 Å². The Hall–Kier alpha value is -2.65. The molecule has 0 spiro atoms. The van der Waals surface area contributed by atoms with E-state index in [9.17, 15) is 9.59 Å². The molecule has 0 bridgehead atoms. The molecule has 0 fully saturated rings. The first kappa shape index (κ1) is 53.5. The first-order chi connectivity index (χ1) is 22.6. The molecule has 0 radical (unpaired) electrons. The summed E-state index contributed by atoms with van der Waals surface area (Å²) >= 11 is 2.01. The summed E-state index contributed by atoms with van der Waals surface area (Å²) in [6.45, 7) is 46.6. The lowest BCUT2D eigenvalue weighted by Gasteiger charge is -2.30. The van der Waals surface area contributed by atoms with E-state index in [0.29, 0.717) is 31.7 Å². The molecule has 0 saturated carbocycles. The molecule has 3 aromatic rings. The van der Waals surface area contributed by atoms with Crippen LogP contribution in [0.3, 0.4) is 0 Å². The molecule has 0 unspecified atom stereocenters. The Morgan fingerprint density at radius 1 is 0.370 bits per heavy atom. The highest BCUT2D eigenvalue weighted by molar-refractivity contribution is 8.01. The summed E-state index contributed by atoms with van der Waals surface area (Å²) < 4.78 is 0.802. The molecule has 0 amide bonds. The predicted octanol–water partition coefficient (Wildman–Crippen LogP) is 15.9. The first-order valence-corrected chi connectivity index (χ1v) is 19.6. The van der Waals surface area contributed by atoms with E-state index in [0.717, 1.165) is 11.1 Å². The summed E-state index contributed by atoms with van der Waals surface area (Å²) in [6.07, 6.45) is 0. The highest BCUT2D eigenvalue weighted by atomic mass is 32.2. The maximum Gasteiger partial charge on any atom is 0.194 e. The second-order valence-corrected chi connectivity index (χ2v) is 24.1. The van der Waals surface area contributed by atoms with Gasteiger partial charge < -0.3 is 0 Å². The van der Waals surface area contributed by atoms with Gasteiger partial charge in [-0.15, -0.1) is 0 Å². The number of fused-ring (bicyclic) bond motifs is 2. The molecule has 2 nitrogen and oxygen atoms in total. The summed E-state index contributed by atoms with van der Waals surface area (Å²) in [5, 5.41) is 0. The summed E-state index contributed by atoms with van der Waals surface area (Å²) in [7, 11) is 0. The molecule has 1 aliphatic carbocycles. The summed E-state index contributed by atoms with van der Waals surface area (Å²) in [6, 6.07) is 18.4. The van der Waals surface area contributed by atoms with E-state index in [-0.39, 0.29) is 60.9 Å². The van der Waals surface area contributed by atoms with Crippen molar-refractivity contribution in [2.45, 2.75) is 204 Å². The number of ketones is 2. The maximum absolute atomic E-state index is 13.2. The fourth-order valence-corrected chi connectivity index (χ4v) is 8.17. The average molecular weight is 761 g/mol. The Bertz CT molecular complexity index is 1540. The topological polar surface area (TPSA) is 34.1 Å². The number of benzene rings is 3. The van der Waals surface area contributed by atoms with Crippen molar-refractivity contribution >= 4 is 23.3 Å². The van der Waals surface area contributed by atoms with Crippen LogP contribution in [-0.2, 0) is 27.1 Å². The number of hydrogen-bond acceptors (Lipinski definition) is 3. The Balaban J connectivity index is 0. The number of thioether (sulfide) groups is 1. The van der Waals surface area contributed by atoms with Gasteiger partial charge >= 0.3 is 0 Å². The minimum absolute atomic E-state index is 0. The van der Waals surface area contributed by atoms with Crippen molar-refractivity contribution in [3.05, 3.63) is 105 Å². The number of carbonyl (C=O) groups excluding carboxylic acids is 2. The van der Waals surface area contributed by atoms with Crippen LogP contribution in [-0.4, -0.2) is 21.1 Å². The van der Waals surface area contributed by atoms with Crippen LogP contribution in [0.25, 0.3) is 0 Å². The third-order valence-electron chi connectivity index (χ3n) is 8.83. The molecule has 0 heterocycles. The van der Waals surface area contributed by atoms with Gasteiger partial charge in [-0.1, -0.05) is 222 Å². The predicted molar refractivity (Wildman–Crippen MR) is 247 cm³/mol. The largest absolute Gasteiger partial charge is 0.289 e. The van der Waals surface area contributed by atoms with E-state index >= 15 is 0 Å². The van der Waals surface area contributed by atoms with Gasteiger partial charge in [0.2, 0.25) is 0 Å². The lowest BCUT2D eigenvalue weighted by atomic mass is 9.72. The summed E-state index contributed by atoms with van der Waals surface area (Å²) in [4.78, 5) is 26.5. The molecular weight excluding hydrogens is 677 g/mol. The van der Waals surface area contributed by atoms with Crippen LogP contribution in [0.15, 0.2) is 54.6 Å². The van der Waals surface area contributed by atoms with E-state index in [1.165, 1.54) is 16.7 Å². The second kappa shape index (κ2) is 18.1. The molecule has 3 heteroatoms. The Kier molecular flexibility index (Phi) is 17.9. The van der Waals surface area contributed by atoms with Crippen LogP contribution < -0.4 is 0 Å². The zero-order valence-corrected chi connectivity index (χ0v) is 37.2. The fourth-order valence-electron chi connectivity index (χ4n) is 6.34. The van der Waals surface area contributed by atoms with Crippen molar-refractivity contribution in [3.8, 4) is 0 Å². The van der Waals surface area contributed by atoms with E-state index in [1.807, 2.05) is 36.0 Å². The average Bonchev–Trinajstić information content (AvgIpc) is 2.91. The van der Waals surface area contributed by atoms with Crippen molar-refractivity contribution in [1.82, 2.24) is 0 Å². The normalized spacial score (nSPS) is 13.4. The van der Waals surface area contributed by atoms with Gasteiger partial charge in [-0.3, -0.25) is 9.59 Å². The van der Waals surface area contributed by atoms with Crippen LogP contribution in [0, 0.1) is 0 Å². The van der Waals surface area contributed by atoms with Gasteiger partial charge in [0, 0.05) is 31.7 Å². The lowest BCUT2D eigenvalue weighted by Crippen LogP contribution is -2.29. The molecular formula is C51H84O2S. The van der Waals surface area contributed by atoms with Gasteiger partial charge in [0.25, 0.3) is 0 Å². The Morgan fingerprint density at radius 3 is 0.778 bits per heavy atom. The second-order valence-electron chi connectivity index (χ2n) is 21.5. The molecule has 4 rings (SSSR count). The fraction of sp³-hybridized carbons (Fsp3) is 0.608. The van der Waals surface area contributed by atoms with E-state index in [2.05, 4.69) is 164 Å². The molecule has 0 aromatic heterocycles. The van der Waals surface area contributed by atoms with Crippen molar-refractivity contribution in [3.63, 3.8) is 0 Å². The quantitative estimate of drug-likeness (QED) is 0.179. The number of carbonyl (C=O) groups is 2. The molecule has 1 aliphatic rings. The van der Waals surface area contributed by atoms with Gasteiger partial charge in [0.15, 0.2) is 11.6 Å². The molecule has 54 heavy (non-hydrogen) atoms. The number of hydrogen-bond donors (Lipinski definition) is 0. The van der Waals surface area contributed by atoms with Crippen LogP contribution in [0.2, 0.25) is 0 Å². The highest BCUT2D eigenvalue weighted by Crippen LogP contribution is 2.39. The SMILES string of the molecule is C.C.C.CC(C)(C)SC(C)(C)C.CC(C)(C)c1cc(C(C)(C)C)cc(C(C)(C)C)c1.CC(C)(C)c1cccc2c1C(=O)c1cccc(C(C)(C)C)c1C2=O. The van der Waals surface area contributed by atoms with Gasteiger partial charge in [0.1, 0.15) is 0 Å². The van der Waals surface area contributed by atoms with Crippen LogP contribution in [0.1, 0.15) is 227 Å². The maximum atomic E-state index is 13.2. The van der Waals surface area contributed by atoms with Crippen molar-refractivity contribution in [1.29, 1.82) is 0 Å². The van der Waals surface area contributed by atoms with Gasteiger partial charge in [-0.25, -0.2) is 0 Å². The molecule has 3 aromatic carbocycles. The smallest absolute Gasteiger partial charge is 0.194 e. The standard InChI is InChI=1S/C22H24O2.C18H30.C8H18S.3CH4/c1-21(2,3)15-11-7-9-13-17(15)19(23)14-10-8-12-16(22(4,5)6)18(14)20(13)24;1-16(2,3)13-10-14(17(4,5)6)12-15(11-13)18(7,8)9;1-7(2,3)9-8(4,5)6;;;/h7-12H,1-6H3;10-12H,1-9H3;1-6H3;3*1H4. The summed E-state index contributed by atoms with van der Waals surface area (Å²) in [5.41, 5.74) is 8.68. The van der Waals surface area contributed by atoms with Crippen molar-refractivity contribution in [2.75, 3.05) is 0 Å². The third-order valence-corrected chi connectivity index (χ3v) is 10.1. The van der Waals surface area contributed by atoms with Crippen LogP contribution in [0.4, 0.5) is 0 Å². The molecule has 0 aliphatic heterocycles. The minimum atomic E-state index is -0.194. The molecule has 306 valence electrons. The van der Waals surface area contributed by atoms with Crippen LogP contribution >= 0.6 is 11.8 Å². The first-order valence-electron chi connectivity index (χ1n) is 18.8. The molecule has 0 saturated heterocycles. The zero-order chi connectivity index (χ0) is 39.9. The van der Waals surface area contributed by atoms with E-state index in [4.69, 9.17) is 0 Å². The third kappa shape index (κ3) is 14.5. The highest BCUT2D eigenvalue weighted by Gasteiger charge is 2.37. The zero-order valence-electron chi connectivity index (χ0n) is 36.4. The van der Waals surface area contributed by atoms with Gasteiger partial charge in [-0.2, -0.15) is 11.8 Å². The van der Waals surface area contributed by atoms with E-state index < -0.39 is 0 Å². The van der Waals surface area contributed by atoms with Crippen LogP contribution in [0.5, 0.6) is 0 Å². The van der Waals surface area contributed by atoms with Crippen molar-refractivity contribution < 1.29 is 9.59 Å². The molecule has 0 atom stereocenters. The number of rotatable bonds is 0. The Morgan fingerprint density at radius 2 is 0.611 bits per heavy atom. The molecule has 0 N–H and O–H groups in total.